The van der Waals surface area contributed by atoms with E-state index in [0.717, 1.165) is 34.4 Å². The minimum absolute atomic E-state index is 0.125. The molecule has 0 aliphatic carbocycles. The predicted molar refractivity (Wildman–Crippen MR) is 85.1 cm³/mol. The molecule has 1 atom stereocenters. The van der Waals surface area contributed by atoms with Gasteiger partial charge in [0, 0.05) is 25.4 Å². The van der Waals surface area contributed by atoms with Crippen molar-refractivity contribution in [1.82, 2.24) is 9.97 Å². The molecule has 1 aliphatic rings. The number of hydrogen-bond acceptors (Lipinski definition) is 7. The van der Waals surface area contributed by atoms with E-state index in [2.05, 4.69) is 20.2 Å². The van der Waals surface area contributed by atoms with Crippen molar-refractivity contribution in [3.8, 4) is 10.6 Å². The largest absolute Gasteiger partial charge is 0.391 e. The van der Waals surface area contributed by atoms with Crippen LogP contribution in [0.15, 0.2) is 5.38 Å². The Labute approximate surface area is 130 Å². The Morgan fingerprint density at radius 3 is 3.00 bits per heavy atom. The number of β-amino-alcohol motifs (C(OH)–C–C–N with tert-alkyl or cyclic N) is 1. The maximum atomic E-state index is 11.1. The molecular formula is C13H16N4O2S2. The highest BCUT2D eigenvalue weighted by Gasteiger charge is 2.23. The number of anilines is 2. The van der Waals surface area contributed by atoms with Gasteiger partial charge in [-0.15, -0.1) is 11.3 Å². The van der Waals surface area contributed by atoms with Crippen LogP contribution < -0.4 is 10.2 Å². The molecule has 2 N–H and O–H groups in total. The van der Waals surface area contributed by atoms with Gasteiger partial charge in [0.15, 0.2) is 10.3 Å². The highest BCUT2D eigenvalue weighted by atomic mass is 32.1. The zero-order valence-corrected chi connectivity index (χ0v) is 13.4. The summed E-state index contributed by atoms with van der Waals surface area (Å²) in [5.41, 5.74) is 1.74. The zero-order valence-electron chi connectivity index (χ0n) is 11.8. The first-order chi connectivity index (χ1) is 10.0. The second-order valence-electron chi connectivity index (χ2n) is 5.02. The van der Waals surface area contributed by atoms with Crippen LogP contribution in [0.4, 0.5) is 10.3 Å². The number of aliphatic hydroxyl groups is 1. The molecular weight excluding hydrogens is 308 g/mol. The highest BCUT2D eigenvalue weighted by molar-refractivity contribution is 7.19. The van der Waals surface area contributed by atoms with Gasteiger partial charge in [-0.05, 0) is 13.3 Å². The lowest BCUT2D eigenvalue weighted by molar-refractivity contribution is -0.114. The molecule has 1 saturated heterocycles. The first-order valence-electron chi connectivity index (χ1n) is 6.67. The monoisotopic (exact) mass is 324 g/mol. The molecule has 3 heterocycles. The average molecular weight is 324 g/mol. The molecule has 1 fully saturated rings. The summed E-state index contributed by atoms with van der Waals surface area (Å²) in [5, 5.41) is 15.8. The third kappa shape index (κ3) is 3.07. The maximum absolute atomic E-state index is 11.1. The smallest absolute Gasteiger partial charge is 0.223 e. The van der Waals surface area contributed by atoms with Gasteiger partial charge < -0.3 is 15.3 Å². The van der Waals surface area contributed by atoms with Crippen LogP contribution in [0.5, 0.6) is 0 Å². The number of aryl methyl sites for hydroxylation is 1. The Morgan fingerprint density at radius 1 is 1.52 bits per heavy atom. The molecule has 1 amide bonds. The van der Waals surface area contributed by atoms with Crippen molar-refractivity contribution in [3.63, 3.8) is 0 Å². The van der Waals surface area contributed by atoms with E-state index in [4.69, 9.17) is 0 Å². The van der Waals surface area contributed by atoms with Crippen LogP contribution >= 0.6 is 22.7 Å². The number of aromatic nitrogens is 2. The molecule has 0 aromatic carbocycles. The van der Waals surface area contributed by atoms with Crippen LogP contribution in [0, 0.1) is 6.92 Å². The quantitative estimate of drug-likeness (QED) is 0.904. The number of nitrogens with zero attached hydrogens (tertiary/aromatic N) is 3. The summed E-state index contributed by atoms with van der Waals surface area (Å²) in [7, 11) is 0. The number of rotatable bonds is 3. The van der Waals surface area contributed by atoms with Crippen LogP contribution in [0.1, 0.15) is 19.0 Å². The van der Waals surface area contributed by atoms with Gasteiger partial charge in [-0.25, -0.2) is 9.97 Å². The number of aliphatic hydroxyl groups excluding tert-OH is 1. The van der Waals surface area contributed by atoms with Crippen molar-refractivity contribution >= 4 is 38.8 Å². The molecule has 0 saturated carbocycles. The van der Waals surface area contributed by atoms with Crippen molar-refractivity contribution in [2.24, 2.45) is 0 Å². The fourth-order valence-electron chi connectivity index (χ4n) is 2.27. The van der Waals surface area contributed by atoms with Gasteiger partial charge in [0.2, 0.25) is 5.91 Å². The van der Waals surface area contributed by atoms with Crippen LogP contribution in [0.25, 0.3) is 10.6 Å². The Bertz CT molecular complexity index is 667. The lowest BCUT2D eigenvalue weighted by atomic mass is 10.3. The van der Waals surface area contributed by atoms with E-state index in [1.54, 1.807) is 11.3 Å². The molecule has 0 spiro atoms. The molecule has 112 valence electrons. The third-order valence-corrected chi connectivity index (χ3v) is 5.23. The minimum Gasteiger partial charge on any atom is -0.391 e. The van der Waals surface area contributed by atoms with Crippen molar-refractivity contribution in [2.45, 2.75) is 26.4 Å². The highest BCUT2D eigenvalue weighted by Crippen LogP contribution is 2.36. The van der Waals surface area contributed by atoms with Gasteiger partial charge in [0.05, 0.1) is 22.4 Å². The molecule has 2 aromatic rings. The first kappa shape index (κ1) is 14.4. The van der Waals surface area contributed by atoms with Gasteiger partial charge in [-0.2, -0.15) is 0 Å². The minimum atomic E-state index is -0.256. The molecule has 21 heavy (non-hydrogen) atoms. The van der Waals surface area contributed by atoms with E-state index < -0.39 is 0 Å². The standard InChI is InChI=1S/C13H16N4O2S2/c1-7-11(21-12(14-7)15-8(2)18)10-6-20-13(16-10)17-4-3-9(19)5-17/h6,9,19H,3-5H2,1-2H3,(H,14,15,18). The van der Waals surface area contributed by atoms with Gasteiger partial charge in [-0.3, -0.25) is 4.79 Å². The van der Waals surface area contributed by atoms with E-state index >= 15 is 0 Å². The second kappa shape index (κ2) is 5.70. The Kier molecular flexibility index (Phi) is 3.92. The van der Waals surface area contributed by atoms with E-state index in [-0.39, 0.29) is 12.0 Å². The number of carbonyl (C=O) groups excluding carboxylic acids is 1. The Morgan fingerprint density at radius 2 is 2.33 bits per heavy atom. The molecule has 0 bridgehead atoms. The number of carbonyl (C=O) groups is 1. The Hall–Kier alpha value is -1.51. The molecule has 1 aliphatic heterocycles. The first-order valence-corrected chi connectivity index (χ1v) is 8.36. The third-order valence-electron chi connectivity index (χ3n) is 3.24. The SMILES string of the molecule is CC(=O)Nc1nc(C)c(-c2csc(N3CCC(O)C3)n2)s1. The Balaban J connectivity index is 1.83. The molecule has 2 aromatic heterocycles. The van der Waals surface area contributed by atoms with Crippen LogP contribution in [0.2, 0.25) is 0 Å². The lowest BCUT2D eigenvalue weighted by Gasteiger charge is -2.12. The number of thiazole rings is 2. The second-order valence-corrected chi connectivity index (χ2v) is 6.85. The summed E-state index contributed by atoms with van der Waals surface area (Å²) in [6.07, 6.45) is 0.537. The number of amides is 1. The fraction of sp³-hybridized carbons (Fsp3) is 0.462. The summed E-state index contributed by atoms with van der Waals surface area (Å²) in [6.45, 7) is 4.87. The number of hydrogen-bond donors (Lipinski definition) is 2. The van der Waals surface area contributed by atoms with E-state index in [1.807, 2.05) is 12.3 Å². The van der Waals surface area contributed by atoms with Crippen molar-refractivity contribution in [1.29, 1.82) is 0 Å². The summed E-state index contributed by atoms with van der Waals surface area (Å²) in [4.78, 5) is 23.1. The lowest BCUT2D eigenvalue weighted by Crippen LogP contribution is -2.20. The number of nitrogens with one attached hydrogen (secondary N) is 1. The van der Waals surface area contributed by atoms with Crippen molar-refractivity contribution < 1.29 is 9.90 Å². The van der Waals surface area contributed by atoms with Gasteiger partial charge in [0.1, 0.15) is 0 Å². The molecule has 8 heteroatoms. The van der Waals surface area contributed by atoms with Crippen LogP contribution in [-0.4, -0.2) is 40.2 Å². The molecule has 3 rings (SSSR count). The summed E-state index contributed by atoms with van der Waals surface area (Å²) >= 11 is 3.00. The fourth-order valence-corrected chi connectivity index (χ4v) is 4.17. The predicted octanol–water partition coefficient (Wildman–Crippen LogP) is 2.10. The summed E-state index contributed by atoms with van der Waals surface area (Å²) in [5.74, 6) is -0.125. The van der Waals surface area contributed by atoms with Crippen LogP contribution in [0.3, 0.4) is 0 Å². The van der Waals surface area contributed by atoms with E-state index in [9.17, 15) is 9.90 Å². The maximum Gasteiger partial charge on any atom is 0.223 e. The van der Waals surface area contributed by atoms with Crippen molar-refractivity contribution in [2.75, 3.05) is 23.3 Å². The normalized spacial score (nSPS) is 18.2. The molecule has 0 radical (unpaired) electrons. The van der Waals surface area contributed by atoms with E-state index in [1.165, 1.54) is 18.3 Å². The molecule has 6 nitrogen and oxygen atoms in total. The molecule has 1 unspecified atom stereocenters. The van der Waals surface area contributed by atoms with Crippen LogP contribution in [-0.2, 0) is 4.79 Å². The van der Waals surface area contributed by atoms with Gasteiger partial charge in [0.25, 0.3) is 0 Å². The van der Waals surface area contributed by atoms with Gasteiger partial charge >= 0.3 is 0 Å². The summed E-state index contributed by atoms with van der Waals surface area (Å²) < 4.78 is 0. The zero-order chi connectivity index (χ0) is 15.0. The average Bonchev–Trinajstić information content (AvgIpc) is 3.08. The summed E-state index contributed by atoms with van der Waals surface area (Å²) in [6, 6.07) is 0. The van der Waals surface area contributed by atoms with Crippen molar-refractivity contribution in [3.05, 3.63) is 11.1 Å². The van der Waals surface area contributed by atoms with Gasteiger partial charge in [-0.1, -0.05) is 11.3 Å². The van der Waals surface area contributed by atoms with E-state index in [0.29, 0.717) is 11.7 Å². The topological polar surface area (TPSA) is 78.4 Å².